The molecule has 1 unspecified atom stereocenters. The van der Waals surface area contributed by atoms with Crippen LogP contribution in [0.3, 0.4) is 0 Å². The van der Waals surface area contributed by atoms with Crippen LogP contribution in [-0.2, 0) is 20.9 Å². The zero-order chi connectivity index (χ0) is 15.5. The quantitative estimate of drug-likeness (QED) is 0.845. The first kappa shape index (κ1) is 15.2. The average Bonchev–Trinajstić information content (AvgIpc) is 2.91. The van der Waals surface area contributed by atoms with Crippen molar-refractivity contribution in [2.75, 3.05) is 37.7 Å². The van der Waals surface area contributed by atoms with E-state index in [1.165, 1.54) is 5.56 Å². The van der Waals surface area contributed by atoms with Gasteiger partial charge >= 0.3 is 0 Å². The summed E-state index contributed by atoms with van der Waals surface area (Å²) in [6.45, 7) is 6.51. The standard InChI is InChI=1S/C17H22N2O3/c1-13(20)15-10-17(21)19(12-15)16-4-2-14(3-5-16)11-18-6-8-22-9-7-18/h2-5,15H,6-12H2,1H3. The van der Waals surface area contributed by atoms with Gasteiger partial charge in [0.25, 0.3) is 0 Å². The second-order valence-electron chi connectivity index (χ2n) is 6.07. The van der Waals surface area contributed by atoms with Gasteiger partial charge in [-0.1, -0.05) is 12.1 Å². The minimum absolute atomic E-state index is 0.0427. The van der Waals surface area contributed by atoms with Crippen molar-refractivity contribution >= 4 is 17.4 Å². The van der Waals surface area contributed by atoms with Crippen molar-refractivity contribution < 1.29 is 14.3 Å². The summed E-state index contributed by atoms with van der Waals surface area (Å²) in [5.41, 5.74) is 2.12. The predicted molar refractivity (Wildman–Crippen MR) is 83.7 cm³/mol. The molecule has 0 N–H and O–H groups in total. The SMILES string of the molecule is CC(=O)C1CC(=O)N(c2ccc(CN3CCOCC3)cc2)C1. The summed E-state index contributed by atoms with van der Waals surface area (Å²) in [5, 5.41) is 0. The Bertz CT molecular complexity index is 550. The molecule has 0 aromatic heterocycles. The van der Waals surface area contributed by atoms with Crippen LogP contribution in [0.1, 0.15) is 18.9 Å². The molecule has 2 aliphatic heterocycles. The Morgan fingerprint density at radius 1 is 1.23 bits per heavy atom. The molecular weight excluding hydrogens is 280 g/mol. The lowest BCUT2D eigenvalue weighted by Crippen LogP contribution is -2.35. The average molecular weight is 302 g/mol. The number of carbonyl (C=O) groups excluding carboxylic acids is 2. The van der Waals surface area contributed by atoms with E-state index in [4.69, 9.17) is 4.74 Å². The maximum absolute atomic E-state index is 12.0. The van der Waals surface area contributed by atoms with Crippen LogP contribution in [0.2, 0.25) is 0 Å². The van der Waals surface area contributed by atoms with E-state index in [1.54, 1.807) is 11.8 Å². The molecule has 0 spiro atoms. The lowest BCUT2D eigenvalue weighted by atomic mass is 10.1. The number of ether oxygens (including phenoxy) is 1. The fourth-order valence-corrected chi connectivity index (χ4v) is 3.03. The summed E-state index contributed by atoms with van der Waals surface area (Å²) >= 11 is 0. The van der Waals surface area contributed by atoms with Crippen LogP contribution in [0, 0.1) is 5.92 Å². The summed E-state index contributed by atoms with van der Waals surface area (Å²) in [6.07, 6.45) is 0.338. The first-order chi connectivity index (χ1) is 10.6. The minimum Gasteiger partial charge on any atom is -0.379 e. The molecule has 0 radical (unpaired) electrons. The van der Waals surface area contributed by atoms with E-state index in [0.29, 0.717) is 13.0 Å². The number of ketones is 1. The number of carbonyl (C=O) groups is 2. The fraction of sp³-hybridized carbons (Fsp3) is 0.529. The van der Waals surface area contributed by atoms with Crippen molar-refractivity contribution in [1.29, 1.82) is 0 Å². The summed E-state index contributed by atoms with van der Waals surface area (Å²) in [4.78, 5) is 27.6. The second kappa shape index (κ2) is 6.58. The number of nitrogens with zero attached hydrogens (tertiary/aromatic N) is 2. The molecule has 118 valence electrons. The third kappa shape index (κ3) is 3.36. The van der Waals surface area contributed by atoms with Gasteiger partial charge in [0.05, 0.1) is 13.2 Å². The van der Waals surface area contributed by atoms with E-state index in [0.717, 1.165) is 38.5 Å². The Balaban J connectivity index is 1.64. The third-order valence-electron chi connectivity index (χ3n) is 4.46. The molecule has 2 heterocycles. The van der Waals surface area contributed by atoms with Gasteiger partial charge < -0.3 is 9.64 Å². The highest BCUT2D eigenvalue weighted by molar-refractivity contribution is 6.00. The Kier molecular flexibility index (Phi) is 4.55. The maximum atomic E-state index is 12.0. The van der Waals surface area contributed by atoms with Crippen molar-refractivity contribution in [1.82, 2.24) is 4.90 Å². The van der Waals surface area contributed by atoms with Gasteiger partial charge in [-0.15, -0.1) is 0 Å². The topological polar surface area (TPSA) is 49.9 Å². The monoisotopic (exact) mass is 302 g/mol. The zero-order valence-electron chi connectivity index (χ0n) is 13.0. The van der Waals surface area contributed by atoms with Gasteiger partial charge in [-0.25, -0.2) is 0 Å². The van der Waals surface area contributed by atoms with Crippen LogP contribution in [0.25, 0.3) is 0 Å². The molecule has 22 heavy (non-hydrogen) atoms. The number of benzene rings is 1. The molecule has 0 saturated carbocycles. The molecule has 1 aromatic carbocycles. The molecule has 1 atom stereocenters. The van der Waals surface area contributed by atoms with Crippen LogP contribution in [-0.4, -0.2) is 49.4 Å². The number of morpholine rings is 1. The van der Waals surface area contributed by atoms with Crippen LogP contribution in [0.4, 0.5) is 5.69 Å². The lowest BCUT2D eigenvalue weighted by Gasteiger charge is -2.26. The van der Waals surface area contributed by atoms with Gasteiger partial charge in [-0.05, 0) is 24.6 Å². The Morgan fingerprint density at radius 3 is 2.50 bits per heavy atom. The highest BCUT2D eigenvalue weighted by Crippen LogP contribution is 2.26. The van der Waals surface area contributed by atoms with Crippen molar-refractivity contribution in [3.8, 4) is 0 Å². The molecule has 2 saturated heterocycles. The Hall–Kier alpha value is -1.72. The molecule has 2 fully saturated rings. The van der Waals surface area contributed by atoms with E-state index >= 15 is 0 Å². The number of hydrogen-bond acceptors (Lipinski definition) is 4. The Morgan fingerprint density at radius 2 is 1.91 bits per heavy atom. The molecule has 2 aliphatic rings. The predicted octanol–water partition coefficient (Wildman–Crippen LogP) is 1.46. The Labute approximate surface area is 130 Å². The van der Waals surface area contributed by atoms with Crippen molar-refractivity contribution in [3.63, 3.8) is 0 Å². The van der Waals surface area contributed by atoms with E-state index < -0.39 is 0 Å². The van der Waals surface area contributed by atoms with Gasteiger partial charge in [0, 0.05) is 44.2 Å². The van der Waals surface area contributed by atoms with Gasteiger partial charge in [0.2, 0.25) is 5.91 Å². The molecule has 1 amide bonds. The third-order valence-corrected chi connectivity index (χ3v) is 4.46. The number of anilines is 1. The maximum Gasteiger partial charge on any atom is 0.227 e. The van der Waals surface area contributed by atoms with E-state index in [2.05, 4.69) is 17.0 Å². The summed E-state index contributed by atoms with van der Waals surface area (Å²) in [5.74, 6) is -0.0126. The van der Waals surface area contributed by atoms with Crippen LogP contribution < -0.4 is 4.90 Å². The second-order valence-corrected chi connectivity index (χ2v) is 6.07. The summed E-state index contributed by atoms with van der Waals surface area (Å²) in [6, 6.07) is 8.10. The number of hydrogen-bond donors (Lipinski definition) is 0. The largest absolute Gasteiger partial charge is 0.379 e. The minimum atomic E-state index is -0.152. The smallest absolute Gasteiger partial charge is 0.227 e. The number of amides is 1. The number of Topliss-reactive ketones (excluding diaryl/α,β-unsaturated/α-hetero) is 1. The van der Waals surface area contributed by atoms with Gasteiger partial charge in [-0.2, -0.15) is 0 Å². The first-order valence-corrected chi connectivity index (χ1v) is 7.83. The molecule has 5 nitrogen and oxygen atoms in total. The molecule has 1 aromatic rings. The first-order valence-electron chi connectivity index (χ1n) is 7.83. The van der Waals surface area contributed by atoms with Gasteiger partial charge in [0.1, 0.15) is 5.78 Å². The van der Waals surface area contributed by atoms with E-state index in [1.807, 2.05) is 12.1 Å². The van der Waals surface area contributed by atoms with E-state index in [-0.39, 0.29) is 17.6 Å². The lowest BCUT2D eigenvalue weighted by molar-refractivity contribution is -0.123. The highest BCUT2D eigenvalue weighted by Gasteiger charge is 2.33. The highest BCUT2D eigenvalue weighted by atomic mass is 16.5. The number of rotatable bonds is 4. The van der Waals surface area contributed by atoms with Crippen LogP contribution in [0.15, 0.2) is 24.3 Å². The molecule has 0 aliphatic carbocycles. The molecule has 3 rings (SSSR count). The van der Waals surface area contributed by atoms with Crippen LogP contribution >= 0.6 is 0 Å². The normalized spacial score (nSPS) is 23.0. The summed E-state index contributed by atoms with van der Waals surface area (Å²) < 4.78 is 5.35. The van der Waals surface area contributed by atoms with Crippen molar-refractivity contribution in [3.05, 3.63) is 29.8 Å². The van der Waals surface area contributed by atoms with Crippen LogP contribution in [0.5, 0.6) is 0 Å². The van der Waals surface area contributed by atoms with E-state index in [9.17, 15) is 9.59 Å². The van der Waals surface area contributed by atoms with Gasteiger partial charge in [-0.3, -0.25) is 14.5 Å². The van der Waals surface area contributed by atoms with Crippen molar-refractivity contribution in [2.45, 2.75) is 19.9 Å². The van der Waals surface area contributed by atoms with Crippen molar-refractivity contribution in [2.24, 2.45) is 5.92 Å². The fourth-order valence-electron chi connectivity index (χ4n) is 3.03. The molecule has 0 bridgehead atoms. The summed E-state index contributed by atoms with van der Waals surface area (Å²) in [7, 11) is 0. The molecule has 5 heteroatoms. The molecular formula is C17H22N2O3. The van der Waals surface area contributed by atoms with Gasteiger partial charge in [0.15, 0.2) is 0 Å². The zero-order valence-corrected chi connectivity index (χ0v) is 13.0.